The van der Waals surface area contributed by atoms with Crippen molar-refractivity contribution in [2.24, 2.45) is 0 Å². The van der Waals surface area contributed by atoms with Crippen molar-refractivity contribution >= 4 is 61.2 Å². The van der Waals surface area contributed by atoms with Crippen molar-refractivity contribution in [3.8, 4) is 11.4 Å². The van der Waals surface area contributed by atoms with E-state index in [-0.39, 0.29) is 0 Å². The Kier molecular flexibility index (Phi) is 3.34. The van der Waals surface area contributed by atoms with E-state index in [0.29, 0.717) is 5.02 Å². The number of para-hydroxylation sites is 1. The molecule has 3 rings (SSSR count). The summed E-state index contributed by atoms with van der Waals surface area (Å²) in [4.78, 5) is 7.87. The Bertz CT molecular complexity index is 739. The first-order valence-electron chi connectivity index (χ1n) is 5.25. The zero-order chi connectivity index (χ0) is 12.7. The predicted octanol–water partition coefficient (Wildman–Crippen LogP) is 5.25. The molecule has 1 heterocycles. The van der Waals surface area contributed by atoms with E-state index in [1.54, 1.807) is 0 Å². The van der Waals surface area contributed by atoms with Crippen LogP contribution in [-0.4, -0.2) is 9.97 Å². The van der Waals surface area contributed by atoms with E-state index in [0.717, 1.165) is 30.5 Å². The fourth-order valence-electron chi connectivity index (χ4n) is 1.80. The van der Waals surface area contributed by atoms with Gasteiger partial charge in [0, 0.05) is 13.6 Å². The number of imidazole rings is 1. The van der Waals surface area contributed by atoms with Crippen LogP contribution < -0.4 is 0 Å². The Hall–Kier alpha value is -0.590. The summed E-state index contributed by atoms with van der Waals surface area (Å²) in [6.45, 7) is 0. The van der Waals surface area contributed by atoms with Gasteiger partial charge in [-0.25, -0.2) is 4.98 Å². The van der Waals surface area contributed by atoms with Crippen LogP contribution in [-0.2, 0) is 0 Å². The molecule has 0 aliphatic rings. The molecule has 0 atom stereocenters. The van der Waals surface area contributed by atoms with E-state index in [4.69, 9.17) is 11.6 Å². The molecule has 2 aromatic carbocycles. The maximum atomic E-state index is 6.14. The topological polar surface area (TPSA) is 28.7 Å². The van der Waals surface area contributed by atoms with Crippen LogP contribution in [0.4, 0.5) is 0 Å². The molecule has 0 amide bonds. The maximum absolute atomic E-state index is 6.14. The van der Waals surface area contributed by atoms with Crippen molar-refractivity contribution < 1.29 is 0 Å². The van der Waals surface area contributed by atoms with Gasteiger partial charge < -0.3 is 4.98 Å². The van der Waals surface area contributed by atoms with Gasteiger partial charge in [-0.15, -0.1) is 0 Å². The molecule has 2 nitrogen and oxygen atoms in total. The lowest BCUT2D eigenvalue weighted by Gasteiger charge is -2.01. The van der Waals surface area contributed by atoms with Crippen LogP contribution >= 0.6 is 50.1 Å². The van der Waals surface area contributed by atoms with E-state index in [1.165, 1.54) is 0 Å². The predicted molar refractivity (Wildman–Crippen MR) is 87.0 cm³/mol. The molecule has 0 bridgehead atoms. The van der Waals surface area contributed by atoms with Crippen molar-refractivity contribution in [3.05, 3.63) is 49.5 Å². The van der Waals surface area contributed by atoms with Crippen LogP contribution in [0.25, 0.3) is 22.4 Å². The van der Waals surface area contributed by atoms with E-state index < -0.39 is 0 Å². The van der Waals surface area contributed by atoms with Crippen LogP contribution in [0, 0.1) is 3.57 Å². The van der Waals surface area contributed by atoms with Crippen LogP contribution in [0.3, 0.4) is 0 Å². The van der Waals surface area contributed by atoms with Gasteiger partial charge in [0.1, 0.15) is 11.3 Å². The molecule has 0 saturated carbocycles. The molecule has 18 heavy (non-hydrogen) atoms. The molecule has 0 saturated heterocycles. The van der Waals surface area contributed by atoms with E-state index in [9.17, 15) is 0 Å². The van der Waals surface area contributed by atoms with E-state index in [1.807, 2.05) is 30.3 Å². The number of nitrogens with one attached hydrogen (secondary N) is 1. The van der Waals surface area contributed by atoms with Gasteiger partial charge in [0.05, 0.1) is 10.5 Å². The molecule has 0 aliphatic carbocycles. The molecule has 0 spiro atoms. The number of halogens is 3. The number of fused-ring (bicyclic) bond motifs is 1. The zero-order valence-corrected chi connectivity index (χ0v) is 13.5. The minimum atomic E-state index is 0.667. The average Bonchev–Trinajstić information content (AvgIpc) is 2.77. The number of aromatic amines is 1. The third-order valence-corrected chi connectivity index (χ3v) is 4.39. The highest BCUT2D eigenvalue weighted by Crippen LogP contribution is 2.30. The van der Waals surface area contributed by atoms with Gasteiger partial charge in [-0.05, 0) is 52.9 Å². The minimum absolute atomic E-state index is 0.667. The Morgan fingerprint density at radius 2 is 2.06 bits per heavy atom. The van der Waals surface area contributed by atoms with Gasteiger partial charge >= 0.3 is 0 Å². The number of nitrogens with zero attached hydrogens (tertiary/aromatic N) is 1. The Balaban J connectivity index is 2.26. The van der Waals surface area contributed by atoms with E-state index >= 15 is 0 Å². The normalized spacial score (nSPS) is 11.1. The van der Waals surface area contributed by atoms with Gasteiger partial charge in [0.15, 0.2) is 0 Å². The molecule has 1 aromatic heterocycles. The second kappa shape index (κ2) is 4.83. The lowest BCUT2D eigenvalue weighted by molar-refractivity contribution is 1.32. The molecular weight excluding hydrogens is 426 g/mol. The van der Waals surface area contributed by atoms with Gasteiger partial charge in [-0.3, -0.25) is 0 Å². The van der Waals surface area contributed by atoms with Gasteiger partial charge in [-0.2, -0.15) is 0 Å². The third kappa shape index (κ3) is 2.17. The summed E-state index contributed by atoms with van der Waals surface area (Å²) in [5.41, 5.74) is 2.83. The molecule has 0 fully saturated rings. The zero-order valence-electron chi connectivity index (χ0n) is 9.05. The van der Waals surface area contributed by atoms with E-state index in [2.05, 4.69) is 54.6 Å². The molecule has 90 valence electrons. The van der Waals surface area contributed by atoms with Crippen LogP contribution in [0.5, 0.6) is 0 Å². The number of benzene rings is 2. The standard InChI is InChI=1S/C13H7BrClIN2/c14-7-4-5-10(16)8(6-7)13-17-11-3-1-2-9(15)12(11)18-13/h1-6H,(H,17,18). The maximum Gasteiger partial charge on any atom is 0.139 e. The summed E-state index contributed by atoms with van der Waals surface area (Å²) in [5, 5.41) is 0.667. The first-order valence-corrected chi connectivity index (χ1v) is 7.50. The monoisotopic (exact) mass is 432 g/mol. The number of aromatic nitrogens is 2. The summed E-state index contributed by atoms with van der Waals surface area (Å²) in [6, 6.07) is 11.9. The number of rotatable bonds is 1. The van der Waals surface area contributed by atoms with Crippen molar-refractivity contribution in [1.82, 2.24) is 9.97 Å². The smallest absolute Gasteiger partial charge is 0.139 e. The first kappa shape index (κ1) is 12.4. The van der Waals surface area contributed by atoms with Gasteiger partial charge in [0.25, 0.3) is 0 Å². The summed E-state index contributed by atoms with van der Waals surface area (Å²) in [7, 11) is 0. The first-order chi connectivity index (χ1) is 8.65. The summed E-state index contributed by atoms with van der Waals surface area (Å²) >= 11 is 11.9. The van der Waals surface area contributed by atoms with Crippen molar-refractivity contribution in [3.63, 3.8) is 0 Å². The molecule has 1 N–H and O–H groups in total. The highest BCUT2D eigenvalue weighted by molar-refractivity contribution is 14.1. The minimum Gasteiger partial charge on any atom is -0.338 e. The summed E-state index contributed by atoms with van der Waals surface area (Å²) in [6.07, 6.45) is 0. The Morgan fingerprint density at radius 3 is 2.83 bits per heavy atom. The molecule has 5 heteroatoms. The van der Waals surface area contributed by atoms with Crippen molar-refractivity contribution in [2.75, 3.05) is 0 Å². The lowest BCUT2D eigenvalue weighted by Crippen LogP contribution is -1.85. The lowest BCUT2D eigenvalue weighted by atomic mass is 10.2. The third-order valence-electron chi connectivity index (χ3n) is 2.65. The number of H-pyrrole nitrogens is 1. The van der Waals surface area contributed by atoms with Crippen LogP contribution in [0.2, 0.25) is 5.02 Å². The van der Waals surface area contributed by atoms with Crippen molar-refractivity contribution in [2.45, 2.75) is 0 Å². The van der Waals surface area contributed by atoms with Gasteiger partial charge in [-0.1, -0.05) is 33.6 Å². The average molecular weight is 433 g/mol. The molecule has 0 radical (unpaired) electrons. The largest absolute Gasteiger partial charge is 0.338 e. The quantitative estimate of drug-likeness (QED) is 0.522. The second-order valence-electron chi connectivity index (χ2n) is 3.85. The SMILES string of the molecule is Clc1cccc2[nH]c(-c3cc(Br)ccc3I)nc12. The van der Waals surface area contributed by atoms with Crippen molar-refractivity contribution in [1.29, 1.82) is 0 Å². The Labute approximate surface area is 131 Å². The summed E-state index contributed by atoms with van der Waals surface area (Å²) in [5.74, 6) is 0.837. The fourth-order valence-corrected chi connectivity index (χ4v) is 2.97. The second-order valence-corrected chi connectivity index (χ2v) is 6.33. The Morgan fingerprint density at radius 1 is 1.22 bits per heavy atom. The van der Waals surface area contributed by atoms with Crippen LogP contribution in [0.1, 0.15) is 0 Å². The molecule has 3 aromatic rings. The molecule has 0 aliphatic heterocycles. The fraction of sp³-hybridized carbons (Fsp3) is 0. The summed E-state index contributed by atoms with van der Waals surface area (Å²) < 4.78 is 2.18. The molecule has 0 unspecified atom stereocenters. The van der Waals surface area contributed by atoms with Crippen LogP contribution in [0.15, 0.2) is 40.9 Å². The van der Waals surface area contributed by atoms with Gasteiger partial charge in [0.2, 0.25) is 0 Å². The highest BCUT2D eigenvalue weighted by Gasteiger charge is 2.10. The number of hydrogen-bond donors (Lipinski definition) is 1. The molecular formula is C13H7BrClIN2. The number of hydrogen-bond acceptors (Lipinski definition) is 1. The highest BCUT2D eigenvalue weighted by atomic mass is 127.